The van der Waals surface area contributed by atoms with Crippen molar-refractivity contribution in [1.82, 2.24) is 0 Å². The second kappa shape index (κ2) is 8.03. The highest BCUT2D eigenvalue weighted by atomic mass is 31.2. The zero-order valence-electron chi connectivity index (χ0n) is 16.3. The number of carboxylic acids is 1. The van der Waals surface area contributed by atoms with Gasteiger partial charge in [-0.1, -0.05) is 31.2 Å². The van der Waals surface area contributed by atoms with E-state index in [0.717, 1.165) is 11.1 Å². The van der Waals surface area contributed by atoms with Gasteiger partial charge in [-0.05, 0) is 59.1 Å². The van der Waals surface area contributed by atoms with E-state index in [1.54, 1.807) is 6.92 Å². The number of rotatable bonds is 7. The Morgan fingerprint density at radius 3 is 1.76 bits per heavy atom. The molecule has 1 aromatic rings. The lowest BCUT2D eigenvalue weighted by Gasteiger charge is -2.32. The maximum atomic E-state index is 13.2. The summed E-state index contributed by atoms with van der Waals surface area (Å²) in [6, 6.07) is 7.45. The molecule has 0 unspecified atom stereocenters. The summed E-state index contributed by atoms with van der Waals surface area (Å²) in [4.78, 5) is 11.0. The van der Waals surface area contributed by atoms with E-state index in [0.29, 0.717) is 6.42 Å². The molecule has 0 heterocycles. The van der Waals surface area contributed by atoms with Crippen LogP contribution in [0.1, 0.15) is 59.6 Å². The average molecular weight is 370 g/mol. The molecule has 0 fully saturated rings. The van der Waals surface area contributed by atoms with E-state index in [-0.39, 0.29) is 6.16 Å². The van der Waals surface area contributed by atoms with Crippen LogP contribution in [-0.4, -0.2) is 22.3 Å². The smallest absolute Gasteiger partial charge is 0.336 e. The van der Waals surface area contributed by atoms with Crippen LogP contribution in [0.3, 0.4) is 0 Å². The number of hydrogen-bond acceptors (Lipinski definition) is 4. The fraction of sp³-hybridized carbons (Fsp3) is 0.632. The molecule has 0 bridgehead atoms. The molecule has 0 radical (unpaired) electrons. The highest BCUT2D eigenvalue weighted by Crippen LogP contribution is 2.56. The molecule has 1 N–H and O–H groups in total. The first-order valence-electron chi connectivity index (χ1n) is 8.50. The molecule has 0 aliphatic rings. The Labute approximate surface area is 151 Å². The summed E-state index contributed by atoms with van der Waals surface area (Å²) in [7, 11) is -3.34. The van der Waals surface area contributed by atoms with Crippen molar-refractivity contribution in [2.45, 2.75) is 72.3 Å². The van der Waals surface area contributed by atoms with Crippen LogP contribution in [-0.2, 0) is 31.0 Å². The minimum Gasteiger partial charge on any atom is -0.481 e. The van der Waals surface area contributed by atoms with Crippen LogP contribution in [0.25, 0.3) is 0 Å². The van der Waals surface area contributed by atoms with Crippen molar-refractivity contribution in [2.24, 2.45) is 5.92 Å². The van der Waals surface area contributed by atoms with Gasteiger partial charge in [0.05, 0.1) is 23.3 Å². The number of carboxylic acid groups (broad SMARTS) is 1. The Morgan fingerprint density at radius 2 is 1.40 bits per heavy atom. The largest absolute Gasteiger partial charge is 0.481 e. The highest BCUT2D eigenvalue weighted by Gasteiger charge is 2.35. The van der Waals surface area contributed by atoms with Gasteiger partial charge in [0.2, 0.25) is 0 Å². The third-order valence-electron chi connectivity index (χ3n) is 3.19. The first-order chi connectivity index (χ1) is 11.2. The topological polar surface area (TPSA) is 72.8 Å². The summed E-state index contributed by atoms with van der Waals surface area (Å²) < 4.78 is 24.8. The Bertz CT molecular complexity index is 603. The van der Waals surface area contributed by atoms with Crippen molar-refractivity contribution in [1.29, 1.82) is 0 Å². The molecule has 0 aliphatic carbocycles. The van der Waals surface area contributed by atoms with Crippen molar-refractivity contribution >= 4 is 13.6 Å². The first-order valence-corrected chi connectivity index (χ1v) is 10.2. The molecule has 0 amide bonds. The van der Waals surface area contributed by atoms with Crippen LogP contribution in [0.15, 0.2) is 24.3 Å². The summed E-state index contributed by atoms with van der Waals surface area (Å²) in [6.07, 6.45) is 0.639. The van der Waals surface area contributed by atoms with Crippen LogP contribution in [0.2, 0.25) is 0 Å². The molecule has 142 valence electrons. The van der Waals surface area contributed by atoms with Crippen LogP contribution in [0, 0.1) is 5.92 Å². The minimum atomic E-state index is -3.34. The number of hydrogen-bond donors (Lipinski definition) is 1. The zero-order chi connectivity index (χ0) is 19.5. The third-order valence-corrected chi connectivity index (χ3v) is 5.59. The van der Waals surface area contributed by atoms with Crippen LogP contribution in [0.5, 0.6) is 0 Å². The SMILES string of the molecule is C[C@@H](Cc1ccc(CP(=O)(OC(C)(C)C)OC(C)(C)C)cc1)C(=O)O. The van der Waals surface area contributed by atoms with Crippen molar-refractivity contribution in [3.63, 3.8) is 0 Å². The number of benzene rings is 1. The van der Waals surface area contributed by atoms with Gasteiger partial charge >= 0.3 is 13.6 Å². The molecule has 0 saturated carbocycles. The lowest BCUT2D eigenvalue weighted by atomic mass is 10.0. The van der Waals surface area contributed by atoms with E-state index < -0.39 is 30.7 Å². The van der Waals surface area contributed by atoms with Gasteiger partial charge in [-0.3, -0.25) is 9.36 Å². The maximum Gasteiger partial charge on any atom is 0.336 e. The fourth-order valence-corrected chi connectivity index (χ4v) is 4.86. The molecule has 1 aromatic carbocycles. The van der Waals surface area contributed by atoms with Gasteiger partial charge in [0, 0.05) is 0 Å². The second-order valence-corrected chi connectivity index (χ2v) is 10.3. The standard InChI is InChI=1S/C19H31O5P/c1-14(17(20)21)12-15-8-10-16(11-9-15)13-25(22,23-18(2,3)4)24-19(5,6)7/h8-11,14H,12-13H2,1-7H3,(H,20,21)/t14-/m0/s1. The normalized spacial score (nSPS) is 14.4. The van der Waals surface area contributed by atoms with E-state index >= 15 is 0 Å². The summed E-state index contributed by atoms with van der Waals surface area (Å²) in [5, 5.41) is 9.00. The molecule has 0 saturated heterocycles. The van der Waals surface area contributed by atoms with E-state index in [9.17, 15) is 9.36 Å². The number of aliphatic carboxylic acids is 1. The average Bonchev–Trinajstić information content (AvgIpc) is 2.35. The fourth-order valence-electron chi connectivity index (χ4n) is 2.36. The van der Waals surface area contributed by atoms with E-state index in [1.807, 2.05) is 65.8 Å². The molecular formula is C19H31O5P. The first kappa shape index (κ1) is 21.9. The predicted octanol–water partition coefficient (Wildman–Crippen LogP) is 5.27. The minimum absolute atomic E-state index is 0.177. The second-order valence-electron chi connectivity index (χ2n) is 8.44. The molecule has 6 heteroatoms. The van der Waals surface area contributed by atoms with E-state index in [4.69, 9.17) is 14.2 Å². The van der Waals surface area contributed by atoms with Crippen molar-refractivity contribution in [3.8, 4) is 0 Å². The third kappa shape index (κ3) is 8.66. The van der Waals surface area contributed by atoms with Gasteiger partial charge < -0.3 is 14.2 Å². The summed E-state index contributed by atoms with van der Waals surface area (Å²) in [6.45, 7) is 12.8. The van der Waals surface area contributed by atoms with Crippen LogP contribution >= 0.6 is 7.60 Å². The lowest BCUT2D eigenvalue weighted by molar-refractivity contribution is -0.141. The van der Waals surface area contributed by atoms with Gasteiger partial charge in [-0.2, -0.15) is 0 Å². The molecule has 5 nitrogen and oxygen atoms in total. The lowest BCUT2D eigenvalue weighted by Crippen LogP contribution is -2.24. The Hall–Kier alpha value is -1.16. The highest BCUT2D eigenvalue weighted by molar-refractivity contribution is 7.53. The van der Waals surface area contributed by atoms with Gasteiger partial charge in [0.25, 0.3) is 0 Å². The van der Waals surface area contributed by atoms with E-state index in [2.05, 4.69) is 0 Å². The van der Waals surface area contributed by atoms with Gasteiger partial charge in [-0.15, -0.1) is 0 Å². The molecule has 0 spiro atoms. The van der Waals surface area contributed by atoms with E-state index in [1.165, 1.54) is 0 Å². The molecule has 0 aromatic heterocycles. The summed E-state index contributed by atoms with van der Waals surface area (Å²) >= 11 is 0. The quantitative estimate of drug-likeness (QED) is 0.662. The van der Waals surface area contributed by atoms with Gasteiger partial charge in [0.15, 0.2) is 0 Å². The van der Waals surface area contributed by atoms with Gasteiger partial charge in [-0.25, -0.2) is 0 Å². The molecule has 25 heavy (non-hydrogen) atoms. The van der Waals surface area contributed by atoms with Gasteiger partial charge in [0.1, 0.15) is 0 Å². The monoisotopic (exact) mass is 370 g/mol. The van der Waals surface area contributed by atoms with Crippen LogP contribution < -0.4 is 0 Å². The van der Waals surface area contributed by atoms with Crippen molar-refractivity contribution in [3.05, 3.63) is 35.4 Å². The summed E-state index contributed by atoms with van der Waals surface area (Å²) in [5.41, 5.74) is 0.598. The maximum absolute atomic E-state index is 13.2. The van der Waals surface area contributed by atoms with Crippen molar-refractivity contribution in [2.75, 3.05) is 0 Å². The molecule has 1 rings (SSSR count). The summed E-state index contributed by atoms with van der Waals surface area (Å²) in [5.74, 6) is -1.25. The van der Waals surface area contributed by atoms with Crippen LogP contribution in [0.4, 0.5) is 0 Å². The predicted molar refractivity (Wildman–Crippen MR) is 99.9 cm³/mol. The number of carbonyl (C=O) groups is 1. The molecule has 1 atom stereocenters. The Balaban J connectivity index is 2.94. The molecule has 0 aliphatic heterocycles. The Morgan fingerprint density at radius 1 is 1.00 bits per heavy atom. The Kier molecular flexibility index (Phi) is 7.03. The zero-order valence-corrected chi connectivity index (χ0v) is 17.2. The van der Waals surface area contributed by atoms with Crippen molar-refractivity contribution < 1.29 is 23.5 Å². The molecular weight excluding hydrogens is 339 g/mol.